The van der Waals surface area contributed by atoms with Crippen LogP contribution in [0, 0.1) is 0 Å². The summed E-state index contributed by atoms with van der Waals surface area (Å²) in [5, 5.41) is 11.7. The van der Waals surface area contributed by atoms with Gasteiger partial charge in [0.15, 0.2) is 0 Å². The molecule has 9 nitrogen and oxygen atoms in total. The monoisotopic (exact) mass is 469 g/mol. The van der Waals surface area contributed by atoms with Crippen LogP contribution in [-0.2, 0) is 11.3 Å². The number of hydrogen-bond donors (Lipinski definition) is 3. The third-order valence-corrected chi connectivity index (χ3v) is 4.05. The molecule has 182 valence electrons. The van der Waals surface area contributed by atoms with Crippen LogP contribution in [0.4, 0.5) is 4.79 Å². The van der Waals surface area contributed by atoms with Crippen LogP contribution >= 0.6 is 0 Å². The van der Waals surface area contributed by atoms with Gasteiger partial charge in [0.1, 0.15) is 35.6 Å². The van der Waals surface area contributed by atoms with Gasteiger partial charge in [0.2, 0.25) is 0 Å². The van der Waals surface area contributed by atoms with Gasteiger partial charge in [0, 0.05) is 17.8 Å². The molecule has 0 radical (unpaired) electrons. The van der Waals surface area contributed by atoms with E-state index in [-0.39, 0.29) is 24.6 Å². The minimum Gasteiger partial charge on any atom is -0.489 e. The molecule has 9 heteroatoms. The molecule has 1 unspecified atom stereocenters. The normalized spacial score (nSPS) is 12.8. The Hall–Kier alpha value is -3.85. The Morgan fingerprint density at radius 2 is 1.82 bits per heavy atom. The second kappa shape index (κ2) is 12.4. The molecular formula is C25H31N3O6. The zero-order valence-electron chi connectivity index (χ0n) is 19.8. The van der Waals surface area contributed by atoms with Crippen molar-refractivity contribution in [2.45, 2.75) is 46.0 Å². The number of carbonyl (C=O) groups excluding carboxylic acids is 2. The highest BCUT2D eigenvalue weighted by molar-refractivity contribution is 6.06. The van der Waals surface area contributed by atoms with Crippen molar-refractivity contribution in [3.8, 4) is 11.5 Å². The van der Waals surface area contributed by atoms with Crippen LogP contribution in [0.5, 0.6) is 11.5 Å². The molecule has 0 aliphatic heterocycles. The summed E-state index contributed by atoms with van der Waals surface area (Å²) in [5.74, 6) is -0.0222. The van der Waals surface area contributed by atoms with Crippen molar-refractivity contribution in [3.63, 3.8) is 0 Å². The predicted octanol–water partition coefficient (Wildman–Crippen LogP) is 3.56. The van der Waals surface area contributed by atoms with E-state index in [4.69, 9.17) is 19.9 Å². The fraction of sp³-hybridized carbons (Fsp3) is 0.320. The van der Waals surface area contributed by atoms with Crippen LogP contribution in [0.3, 0.4) is 0 Å². The third kappa shape index (κ3) is 9.74. The van der Waals surface area contributed by atoms with Crippen molar-refractivity contribution in [2.75, 3.05) is 6.61 Å². The summed E-state index contributed by atoms with van der Waals surface area (Å²) in [6, 6.07) is 14.2. The van der Waals surface area contributed by atoms with Crippen molar-refractivity contribution >= 4 is 17.8 Å². The van der Waals surface area contributed by atoms with Crippen molar-refractivity contribution in [3.05, 3.63) is 71.9 Å². The number of benzene rings is 2. The standard InChI is InChI=1S/C25H31N3O6/c1-17(15-29)33-21-13-19(12-20(14-21)32-16-18-8-6-5-7-9-18)23(30)28-22(26)10-11-27-24(31)34-25(2,3)4/h5-14,17,29H,15-16H2,1-4H3,(H,27,31)(H2,26,28,30)/b11-10-. The smallest absolute Gasteiger partial charge is 0.411 e. The Bertz CT molecular complexity index is 1030. The van der Waals surface area contributed by atoms with Crippen LogP contribution in [0.25, 0.3) is 0 Å². The number of ether oxygens (including phenoxy) is 3. The summed E-state index contributed by atoms with van der Waals surface area (Å²) in [7, 11) is 0. The highest BCUT2D eigenvalue weighted by Gasteiger charge is 2.15. The number of nitrogens with two attached hydrogens (primary N) is 1. The molecule has 34 heavy (non-hydrogen) atoms. The van der Waals surface area contributed by atoms with Crippen LogP contribution in [-0.4, -0.2) is 41.3 Å². The quantitative estimate of drug-likeness (QED) is 0.378. The Balaban J connectivity index is 2.15. The minimum atomic E-state index is -0.661. The van der Waals surface area contributed by atoms with E-state index in [1.54, 1.807) is 33.8 Å². The number of aliphatic hydroxyl groups excluding tert-OH is 1. The number of aliphatic hydroxyl groups is 1. The zero-order chi connectivity index (χ0) is 25.1. The molecule has 0 heterocycles. The Morgan fingerprint density at radius 3 is 2.47 bits per heavy atom. The molecule has 4 N–H and O–H groups in total. The maximum atomic E-state index is 12.7. The molecule has 2 amide bonds. The topological polar surface area (TPSA) is 132 Å². The average molecular weight is 470 g/mol. The molecule has 1 atom stereocenters. The number of nitrogens with one attached hydrogen (secondary N) is 1. The molecule has 0 saturated heterocycles. The number of amides is 2. The van der Waals surface area contributed by atoms with Crippen molar-refractivity contribution < 1.29 is 28.9 Å². The summed E-state index contributed by atoms with van der Waals surface area (Å²) in [6.45, 7) is 7.00. The number of aliphatic imine (C=N–C) groups is 1. The van der Waals surface area contributed by atoms with Crippen molar-refractivity contribution in [2.24, 2.45) is 10.7 Å². The first-order valence-corrected chi connectivity index (χ1v) is 10.7. The Morgan fingerprint density at radius 1 is 1.15 bits per heavy atom. The first-order chi connectivity index (χ1) is 16.1. The first-order valence-electron chi connectivity index (χ1n) is 10.7. The number of nitrogens with zero attached hydrogens (tertiary/aromatic N) is 1. The van der Waals surface area contributed by atoms with Gasteiger partial charge in [-0.25, -0.2) is 4.79 Å². The largest absolute Gasteiger partial charge is 0.489 e. The molecule has 0 aliphatic carbocycles. The number of carbonyl (C=O) groups is 2. The molecule has 0 aliphatic rings. The van der Waals surface area contributed by atoms with Gasteiger partial charge in [-0.1, -0.05) is 30.3 Å². The summed E-state index contributed by atoms with van der Waals surface area (Å²) in [6.07, 6.45) is 1.36. The van der Waals surface area contributed by atoms with Crippen LogP contribution in [0.1, 0.15) is 43.6 Å². The molecule has 0 saturated carbocycles. The SMILES string of the molecule is CC(CO)Oc1cc(OCc2ccccc2)cc(C(=O)N=C(N)/C=C\NC(=O)OC(C)(C)C)c1. The van der Waals surface area contributed by atoms with Gasteiger partial charge in [-0.15, -0.1) is 0 Å². The second-order valence-corrected chi connectivity index (χ2v) is 8.40. The van der Waals surface area contributed by atoms with E-state index in [1.807, 2.05) is 30.3 Å². The molecule has 0 aromatic heterocycles. The van der Waals surface area contributed by atoms with Gasteiger partial charge in [-0.05, 0) is 51.5 Å². The summed E-state index contributed by atoms with van der Waals surface area (Å²) >= 11 is 0. The second-order valence-electron chi connectivity index (χ2n) is 8.40. The fourth-order valence-corrected chi connectivity index (χ4v) is 2.58. The highest BCUT2D eigenvalue weighted by Crippen LogP contribution is 2.25. The van der Waals surface area contributed by atoms with E-state index in [2.05, 4.69) is 10.3 Å². The third-order valence-electron chi connectivity index (χ3n) is 4.05. The van der Waals surface area contributed by atoms with E-state index in [0.29, 0.717) is 11.5 Å². The molecule has 2 aromatic rings. The van der Waals surface area contributed by atoms with Gasteiger partial charge >= 0.3 is 6.09 Å². The maximum absolute atomic E-state index is 12.7. The molecular weight excluding hydrogens is 438 g/mol. The zero-order valence-corrected chi connectivity index (χ0v) is 19.8. The predicted molar refractivity (Wildman–Crippen MR) is 129 cm³/mol. The Labute approximate surface area is 199 Å². The average Bonchev–Trinajstić information content (AvgIpc) is 2.77. The van der Waals surface area contributed by atoms with E-state index in [0.717, 1.165) is 5.56 Å². The maximum Gasteiger partial charge on any atom is 0.411 e. The number of alkyl carbamates (subject to hydrolysis) is 1. The fourth-order valence-electron chi connectivity index (χ4n) is 2.58. The van der Waals surface area contributed by atoms with Crippen LogP contribution in [0.2, 0.25) is 0 Å². The van der Waals surface area contributed by atoms with Crippen LogP contribution in [0.15, 0.2) is 65.8 Å². The lowest BCUT2D eigenvalue weighted by molar-refractivity contribution is 0.0552. The van der Waals surface area contributed by atoms with E-state index in [9.17, 15) is 14.7 Å². The van der Waals surface area contributed by atoms with Gasteiger partial charge < -0.3 is 25.1 Å². The van der Waals surface area contributed by atoms with E-state index < -0.39 is 23.7 Å². The summed E-state index contributed by atoms with van der Waals surface area (Å²) in [5.41, 5.74) is 6.29. The van der Waals surface area contributed by atoms with E-state index in [1.165, 1.54) is 24.4 Å². The molecule has 0 bridgehead atoms. The summed E-state index contributed by atoms with van der Waals surface area (Å²) < 4.78 is 16.6. The molecule has 0 spiro atoms. The van der Waals surface area contributed by atoms with Crippen molar-refractivity contribution in [1.29, 1.82) is 0 Å². The molecule has 2 rings (SSSR count). The van der Waals surface area contributed by atoms with E-state index >= 15 is 0 Å². The van der Waals surface area contributed by atoms with Gasteiger partial charge in [-0.3, -0.25) is 10.1 Å². The number of rotatable bonds is 9. The lowest BCUT2D eigenvalue weighted by Gasteiger charge is -2.18. The first kappa shape index (κ1) is 26.4. The van der Waals surface area contributed by atoms with Gasteiger partial charge in [0.05, 0.1) is 6.61 Å². The minimum absolute atomic E-state index is 0.122. The molecule has 2 aromatic carbocycles. The highest BCUT2D eigenvalue weighted by atomic mass is 16.6. The lowest BCUT2D eigenvalue weighted by atomic mass is 10.2. The number of hydrogen-bond acceptors (Lipinski definition) is 6. The van der Waals surface area contributed by atoms with Crippen LogP contribution < -0.4 is 20.5 Å². The van der Waals surface area contributed by atoms with Crippen molar-refractivity contribution in [1.82, 2.24) is 5.32 Å². The Kier molecular flexibility index (Phi) is 9.63. The molecule has 0 fully saturated rings. The number of amidine groups is 1. The van der Waals surface area contributed by atoms with Gasteiger partial charge in [-0.2, -0.15) is 4.99 Å². The van der Waals surface area contributed by atoms with Gasteiger partial charge in [0.25, 0.3) is 5.91 Å². The lowest BCUT2D eigenvalue weighted by Crippen LogP contribution is -2.30. The summed E-state index contributed by atoms with van der Waals surface area (Å²) in [4.78, 5) is 28.2.